The molecule has 1 aliphatic carbocycles. The first-order valence-electron chi connectivity index (χ1n) is 6.59. The highest BCUT2D eigenvalue weighted by atomic mass is 16.6. The molecule has 1 rings (SSSR count). The second kappa shape index (κ2) is 5.77. The lowest BCUT2D eigenvalue weighted by atomic mass is 9.67. The number of carboxylic acids is 1. The maximum absolute atomic E-state index is 11.8. The van der Waals surface area contributed by atoms with Crippen LogP contribution in [0.5, 0.6) is 0 Å². The Bertz CT molecular complexity index is 345. The number of carbonyl (C=O) groups excluding carboxylic acids is 2. The van der Waals surface area contributed by atoms with E-state index in [9.17, 15) is 14.7 Å². The van der Waals surface area contributed by atoms with Crippen LogP contribution in [0, 0.1) is 5.92 Å². The van der Waals surface area contributed by atoms with E-state index in [0.717, 1.165) is 19.3 Å². The Morgan fingerprint density at radius 1 is 1.42 bits per heavy atom. The van der Waals surface area contributed by atoms with Gasteiger partial charge in [-0.05, 0) is 58.9 Å². The molecule has 0 spiro atoms. The number of nitrogens with two attached hydrogens (primary N) is 1. The van der Waals surface area contributed by atoms with E-state index in [-0.39, 0.29) is 18.9 Å². The largest absolute Gasteiger partial charge is 0.550 e. The van der Waals surface area contributed by atoms with Crippen LogP contribution >= 0.6 is 0 Å². The molecule has 110 valence electrons. The van der Waals surface area contributed by atoms with Crippen LogP contribution < -0.4 is 16.2 Å². The van der Waals surface area contributed by atoms with Crippen molar-refractivity contribution in [3.63, 3.8) is 0 Å². The molecule has 1 saturated carbocycles. The molecule has 0 saturated heterocycles. The molecule has 0 aromatic heterocycles. The molecule has 1 amide bonds. The van der Waals surface area contributed by atoms with Gasteiger partial charge in [0.05, 0.1) is 0 Å². The van der Waals surface area contributed by atoms with Gasteiger partial charge in [0.25, 0.3) is 0 Å². The van der Waals surface area contributed by atoms with E-state index < -0.39 is 23.2 Å². The molecule has 6 heteroatoms. The summed E-state index contributed by atoms with van der Waals surface area (Å²) in [5, 5.41) is 13.6. The number of ether oxygens (including phenoxy) is 1. The monoisotopic (exact) mass is 271 g/mol. The van der Waals surface area contributed by atoms with Crippen LogP contribution in [-0.4, -0.2) is 29.7 Å². The van der Waals surface area contributed by atoms with Gasteiger partial charge >= 0.3 is 6.09 Å². The number of aliphatic carboxylic acids is 1. The summed E-state index contributed by atoms with van der Waals surface area (Å²) in [5.74, 6) is -1.47. The molecule has 6 nitrogen and oxygen atoms in total. The molecule has 1 unspecified atom stereocenters. The molecule has 1 atom stereocenters. The van der Waals surface area contributed by atoms with Crippen LogP contribution in [-0.2, 0) is 9.53 Å². The summed E-state index contributed by atoms with van der Waals surface area (Å²) in [4.78, 5) is 22.6. The van der Waals surface area contributed by atoms with Crippen molar-refractivity contribution in [1.82, 2.24) is 5.32 Å². The van der Waals surface area contributed by atoms with Crippen molar-refractivity contribution in [2.75, 3.05) is 6.54 Å². The number of nitrogens with one attached hydrogen (secondary N) is 1. The van der Waals surface area contributed by atoms with Gasteiger partial charge in [-0.1, -0.05) is 0 Å². The van der Waals surface area contributed by atoms with E-state index in [2.05, 4.69) is 5.32 Å². The number of hydrogen-bond donors (Lipinski definition) is 2. The molecule has 0 aromatic rings. The Kier molecular flexibility index (Phi) is 4.79. The van der Waals surface area contributed by atoms with Gasteiger partial charge in [-0.2, -0.15) is 0 Å². The van der Waals surface area contributed by atoms with Crippen molar-refractivity contribution in [3.05, 3.63) is 0 Å². The van der Waals surface area contributed by atoms with Crippen molar-refractivity contribution in [2.45, 2.75) is 57.6 Å². The topological polar surface area (TPSA) is 104 Å². The molecule has 0 aromatic carbocycles. The van der Waals surface area contributed by atoms with Crippen LogP contribution in [0.3, 0.4) is 0 Å². The minimum atomic E-state index is -1.15. The van der Waals surface area contributed by atoms with Crippen molar-refractivity contribution in [1.29, 1.82) is 0 Å². The average molecular weight is 271 g/mol. The third kappa shape index (κ3) is 4.38. The number of hydrogen-bond acceptors (Lipinski definition) is 5. The maximum atomic E-state index is 11.8. The molecule has 3 N–H and O–H groups in total. The highest BCUT2D eigenvalue weighted by Crippen LogP contribution is 2.39. The molecule has 0 bridgehead atoms. The molecule has 19 heavy (non-hydrogen) atoms. The predicted octanol–water partition coefficient (Wildman–Crippen LogP) is 0.149. The second-order valence-corrected chi connectivity index (χ2v) is 6.15. The van der Waals surface area contributed by atoms with Crippen LogP contribution in [0.4, 0.5) is 4.79 Å². The minimum Gasteiger partial charge on any atom is -0.550 e. The minimum absolute atomic E-state index is 0.147. The van der Waals surface area contributed by atoms with E-state index in [1.807, 2.05) is 0 Å². The summed E-state index contributed by atoms with van der Waals surface area (Å²) in [6.45, 7) is 5.54. The summed E-state index contributed by atoms with van der Waals surface area (Å²) in [6.07, 6.45) is 1.72. The van der Waals surface area contributed by atoms with Gasteiger partial charge in [0.15, 0.2) is 0 Å². The molecule has 0 radical (unpaired) electrons. The zero-order chi connectivity index (χ0) is 14.7. The third-order valence-electron chi connectivity index (χ3n) is 3.47. The van der Waals surface area contributed by atoms with Gasteiger partial charge in [-0.15, -0.1) is 0 Å². The molecule has 0 aliphatic heterocycles. The van der Waals surface area contributed by atoms with E-state index in [1.165, 1.54) is 0 Å². The van der Waals surface area contributed by atoms with Crippen LogP contribution in [0.2, 0.25) is 0 Å². The summed E-state index contributed by atoms with van der Waals surface area (Å²) in [7, 11) is 0. The van der Waals surface area contributed by atoms with Gasteiger partial charge in [0.2, 0.25) is 0 Å². The average Bonchev–Trinajstić information content (AvgIpc) is 2.17. The first-order valence-corrected chi connectivity index (χ1v) is 6.59. The Hall–Kier alpha value is -1.30. The maximum Gasteiger partial charge on any atom is 0.408 e. The van der Waals surface area contributed by atoms with Gasteiger partial charge in [-0.3, -0.25) is 0 Å². The molecule has 1 fully saturated rings. The van der Waals surface area contributed by atoms with Gasteiger partial charge in [0, 0.05) is 11.5 Å². The highest BCUT2D eigenvalue weighted by Gasteiger charge is 2.45. The molecular weight excluding hydrogens is 248 g/mol. The fraction of sp³-hybridized carbons (Fsp3) is 0.846. The van der Waals surface area contributed by atoms with Crippen LogP contribution in [0.15, 0.2) is 0 Å². The number of amides is 1. The van der Waals surface area contributed by atoms with E-state index in [1.54, 1.807) is 20.8 Å². The third-order valence-corrected chi connectivity index (χ3v) is 3.47. The Morgan fingerprint density at radius 3 is 2.32 bits per heavy atom. The molecule has 0 heterocycles. The van der Waals surface area contributed by atoms with Crippen LogP contribution in [0.1, 0.15) is 46.5 Å². The zero-order valence-electron chi connectivity index (χ0n) is 11.8. The Labute approximate surface area is 113 Å². The zero-order valence-corrected chi connectivity index (χ0v) is 11.8. The number of carbonyl (C=O) groups is 2. The summed E-state index contributed by atoms with van der Waals surface area (Å²) < 4.78 is 5.21. The first-order chi connectivity index (χ1) is 8.68. The summed E-state index contributed by atoms with van der Waals surface area (Å²) >= 11 is 0. The second-order valence-electron chi connectivity index (χ2n) is 6.15. The Morgan fingerprint density at radius 2 is 2.00 bits per heavy atom. The van der Waals surface area contributed by atoms with Gasteiger partial charge < -0.3 is 25.7 Å². The fourth-order valence-corrected chi connectivity index (χ4v) is 2.41. The van der Waals surface area contributed by atoms with Gasteiger partial charge in [0.1, 0.15) is 5.60 Å². The quantitative estimate of drug-likeness (QED) is 0.740. The normalized spacial score (nSPS) is 19.2. The lowest BCUT2D eigenvalue weighted by Gasteiger charge is -2.48. The van der Waals surface area contributed by atoms with E-state index in [4.69, 9.17) is 10.5 Å². The molecule has 1 aliphatic rings. The number of alkyl carbamates (subject to hydrolysis) is 1. The number of rotatable bonds is 5. The Balaban J connectivity index is 2.69. The van der Waals surface area contributed by atoms with Crippen LogP contribution in [0.25, 0.3) is 0 Å². The van der Waals surface area contributed by atoms with E-state index in [0.29, 0.717) is 0 Å². The van der Waals surface area contributed by atoms with Crippen molar-refractivity contribution < 1.29 is 19.4 Å². The molecular formula is C13H23N2O4-. The highest BCUT2D eigenvalue weighted by molar-refractivity contribution is 5.70. The van der Waals surface area contributed by atoms with Crippen molar-refractivity contribution in [2.24, 2.45) is 11.7 Å². The van der Waals surface area contributed by atoms with Gasteiger partial charge in [-0.25, -0.2) is 4.79 Å². The summed E-state index contributed by atoms with van der Waals surface area (Å²) in [6, 6.07) is 0. The predicted molar refractivity (Wildman–Crippen MR) is 68.1 cm³/mol. The van der Waals surface area contributed by atoms with Crippen molar-refractivity contribution >= 4 is 12.1 Å². The number of carboxylic acid groups (broad SMARTS) is 1. The summed E-state index contributed by atoms with van der Waals surface area (Å²) in [5.41, 5.74) is 4.50. The fourth-order valence-electron chi connectivity index (χ4n) is 2.41. The van der Waals surface area contributed by atoms with Crippen molar-refractivity contribution in [3.8, 4) is 0 Å². The lowest BCUT2D eigenvalue weighted by Crippen LogP contribution is -2.61. The van der Waals surface area contributed by atoms with E-state index >= 15 is 0 Å². The smallest absolute Gasteiger partial charge is 0.408 e. The standard InChI is InChI=1S/C13H24N2O4/c1-12(2,3)19-11(18)15-13(5-4-6-13)9(8-14)7-10(16)17/h9H,4-8,14H2,1-3H3,(H,15,18)(H,16,17)/p-1. The first kappa shape index (κ1) is 15.8. The lowest BCUT2D eigenvalue weighted by molar-refractivity contribution is -0.307. The SMILES string of the molecule is CC(C)(C)OC(=O)NC1(C(CN)CC(=O)[O-])CCC1.